The number of fused-ring (bicyclic) bond motifs is 3. The van der Waals surface area contributed by atoms with Crippen LogP contribution in [0.4, 0.5) is 0 Å². The predicted molar refractivity (Wildman–Crippen MR) is 147 cm³/mol. The maximum absolute atomic E-state index is 13.7. The van der Waals surface area contributed by atoms with Crippen molar-refractivity contribution in [2.75, 3.05) is 20.2 Å². The molecule has 0 spiro atoms. The van der Waals surface area contributed by atoms with E-state index in [0.29, 0.717) is 12.2 Å². The lowest BCUT2D eigenvalue weighted by molar-refractivity contribution is 0.130. The maximum Gasteiger partial charge on any atom is 0.243 e. The lowest BCUT2D eigenvalue weighted by Gasteiger charge is -2.25. The van der Waals surface area contributed by atoms with Gasteiger partial charge in [0.05, 0.1) is 24.7 Å². The summed E-state index contributed by atoms with van der Waals surface area (Å²) in [5.74, 6) is 0.584. The largest absolute Gasteiger partial charge is 0.497 e. The monoisotopic (exact) mass is 514 g/mol. The number of hydrogen-bond donors (Lipinski definition) is 1. The fraction of sp³-hybridized carbons (Fsp3) is 0.200. The van der Waals surface area contributed by atoms with Crippen LogP contribution >= 0.6 is 0 Å². The third-order valence-corrected chi connectivity index (χ3v) is 8.56. The van der Waals surface area contributed by atoms with Crippen LogP contribution < -0.4 is 4.74 Å². The van der Waals surface area contributed by atoms with E-state index in [-0.39, 0.29) is 24.5 Å². The van der Waals surface area contributed by atoms with E-state index in [1.807, 2.05) is 66.7 Å². The molecule has 0 aliphatic heterocycles. The highest BCUT2D eigenvalue weighted by molar-refractivity contribution is 7.89. The molecule has 0 radical (unpaired) electrons. The summed E-state index contributed by atoms with van der Waals surface area (Å²) in [5.41, 5.74) is 3.06. The summed E-state index contributed by atoms with van der Waals surface area (Å²) < 4.78 is 36.0. The molecule has 7 heteroatoms. The zero-order valence-corrected chi connectivity index (χ0v) is 21.5. The lowest BCUT2D eigenvalue weighted by atomic mass is 10.1. The van der Waals surface area contributed by atoms with Crippen molar-refractivity contribution in [3.8, 4) is 5.75 Å². The molecule has 1 N–H and O–H groups in total. The summed E-state index contributed by atoms with van der Waals surface area (Å²) in [6, 6.07) is 32.3. The first-order chi connectivity index (χ1) is 18.0. The second-order valence-corrected chi connectivity index (χ2v) is 11.0. The number of nitrogens with zero attached hydrogens (tertiary/aromatic N) is 2. The van der Waals surface area contributed by atoms with E-state index in [1.165, 1.54) is 4.31 Å². The van der Waals surface area contributed by atoms with Crippen LogP contribution in [-0.4, -0.2) is 48.7 Å². The number of benzene rings is 4. The molecule has 0 saturated heterocycles. The van der Waals surface area contributed by atoms with Crippen LogP contribution in [0.2, 0.25) is 0 Å². The van der Waals surface area contributed by atoms with Gasteiger partial charge < -0.3 is 14.4 Å². The molecule has 1 atom stereocenters. The van der Waals surface area contributed by atoms with Crippen LogP contribution in [0.3, 0.4) is 0 Å². The predicted octanol–water partition coefficient (Wildman–Crippen LogP) is 5.10. The SMILES string of the molecule is COc1ccc(S(=O)(=O)N(CCc2ccccc2)CC(O)Cn2c3ccccc3c3ccccc32)cc1. The topological polar surface area (TPSA) is 71.8 Å². The third kappa shape index (κ3) is 5.25. The van der Waals surface area contributed by atoms with Gasteiger partial charge in [-0.3, -0.25) is 0 Å². The molecule has 37 heavy (non-hydrogen) atoms. The minimum Gasteiger partial charge on any atom is -0.497 e. The van der Waals surface area contributed by atoms with E-state index in [0.717, 1.165) is 27.4 Å². The third-order valence-electron chi connectivity index (χ3n) is 6.68. The van der Waals surface area contributed by atoms with E-state index in [1.54, 1.807) is 31.4 Å². The highest BCUT2D eigenvalue weighted by Gasteiger charge is 2.27. The van der Waals surface area contributed by atoms with E-state index in [4.69, 9.17) is 4.74 Å². The Kier molecular flexibility index (Phi) is 7.28. The van der Waals surface area contributed by atoms with Crippen LogP contribution in [0, 0.1) is 0 Å². The van der Waals surface area contributed by atoms with Crippen molar-refractivity contribution in [1.82, 2.24) is 8.87 Å². The highest BCUT2D eigenvalue weighted by Crippen LogP contribution is 2.29. The minimum atomic E-state index is -3.85. The Labute approximate surface area is 217 Å². The first kappa shape index (κ1) is 25.0. The van der Waals surface area contributed by atoms with Gasteiger partial charge in [0.2, 0.25) is 10.0 Å². The van der Waals surface area contributed by atoms with E-state index < -0.39 is 16.1 Å². The van der Waals surface area contributed by atoms with Crippen molar-refractivity contribution >= 4 is 31.8 Å². The number of methoxy groups -OCH3 is 1. The van der Waals surface area contributed by atoms with Gasteiger partial charge in [-0.2, -0.15) is 4.31 Å². The van der Waals surface area contributed by atoms with Crippen LogP contribution in [0.1, 0.15) is 5.56 Å². The molecule has 4 aromatic carbocycles. The van der Waals surface area contributed by atoms with Crippen LogP contribution in [0.5, 0.6) is 5.75 Å². The summed E-state index contributed by atoms with van der Waals surface area (Å²) in [5, 5.41) is 13.5. The van der Waals surface area contributed by atoms with Gasteiger partial charge >= 0.3 is 0 Å². The van der Waals surface area contributed by atoms with Gasteiger partial charge in [0.1, 0.15) is 5.75 Å². The molecule has 0 bridgehead atoms. The Balaban J connectivity index is 1.44. The highest BCUT2D eigenvalue weighted by atomic mass is 32.2. The second-order valence-electron chi connectivity index (χ2n) is 9.07. The number of ether oxygens (including phenoxy) is 1. The van der Waals surface area contributed by atoms with Crippen molar-refractivity contribution in [3.63, 3.8) is 0 Å². The number of aromatic nitrogens is 1. The average molecular weight is 515 g/mol. The zero-order valence-electron chi connectivity index (χ0n) is 20.7. The Bertz CT molecular complexity index is 1540. The number of sulfonamides is 1. The van der Waals surface area contributed by atoms with Gasteiger partial charge in [0, 0.05) is 34.9 Å². The van der Waals surface area contributed by atoms with Crippen LogP contribution in [0.15, 0.2) is 108 Å². The van der Waals surface area contributed by atoms with Gasteiger partial charge in [-0.05, 0) is 48.4 Å². The molecular weight excluding hydrogens is 484 g/mol. The molecule has 0 fully saturated rings. The number of hydrogen-bond acceptors (Lipinski definition) is 4. The first-order valence-electron chi connectivity index (χ1n) is 12.3. The van der Waals surface area contributed by atoms with Crippen molar-refractivity contribution < 1.29 is 18.3 Å². The fourth-order valence-electron chi connectivity index (χ4n) is 4.81. The van der Waals surface area contributed by atoms with Gasteiger partial charge in [0.15, 0.2) is 0 Å². The Morgan fingerprint density at radius 1 is 0.811 bits per heavy atom. The van der Waals surface area contributed by atoms with Gasteiger partial charge in [0.25, 0.3) is 0 Å². The molecule has 5 aromatic rings. The molecule has 190 valence electrons. The van der Waals surface area contributed by atoms with Crippen LogP contribution in [-0.2, 0) is 23.0 Å². The summed E-state index contributed by atoms with van der Waals surface area (Å²) in [4.78, 5) is 0.172. The molecule has 0 aliphatic rings. The average Bonchev–Trinajstić information content (AvgIpc) is 3.25. The summed E-state index contributed by atoms with van der Waals surface area (Å²) in [7, 11) is -2.30. The minimum absolute atomic E-state index is 0.0258. The number of rotatable bonds is 10. The Hall–Kier alpha value is -3.65. The van der Waals surface area contributed by atoms with Crippen molar-refractivity contribution in [2.45, 2.75) is 24.0 Å². The molecule has 0 aliphatic carbocycles. The molecule has 1 unspecified atom stereocenters. The smallest absolute Gasteiger partial charge is 0.243 e. The van der Waals surface area contributed by atoms with Gasteiger partial charge in [-0.1, -0.05) is 66.7 Å². The standard InChI is InChI=1S/C30H30N2O4S/c1-36-25-15-17-26(18-16-25)37(34,35)31(20-19-23-9-3-2-4-10-23)21-24(33)22-32-29-13-7-5-11-27(29)28-12-6-8-14-30(28)32/h2-18,24,33H,19-22H2,1H3. The molecular formula is C30H30N2O4S. The van der Waals surface area contributed by atoms with E-state index in [9.17, 15) is 13.5 Å². The Morgan fingerprint density at radius 2 is 1.38 bits per heavy atom. The summed E-state index contributed by atoms with van der Waals surface area (Å²) in [6.07, 6.45) is -0.374. The second kappa shape index (κ2) is 10.8. The van der Waals surface area contributed by atoms with Crippen molar-refractivity contribution in [2.24, 2.45) is 0 Å². The van der Waals surface area contributed by atoms with E-state index in [2.05, 4.69) is 16.7 Å². The summed E-state index contributed by atoms with van der Waals surface area (Å²) in [6.45, 7) is 0.499. The fourth-order valence-corrected chi connectivity index (χ4v) is 6.29. The number of aliphatic hydroxyl groups is 1. The zero-order chi connectivity index (χ0) is 25.8. The first-order valence-corrected chi connectivity index (χ1v) is 13.7. The normalized spacial score (nSPS) is 12.8. The van der Waals surface area contributed by atoms with Crippen LogP contribution in [0.25, 0.3) is 21.8 Å². The quantitative estimate of drug-likeness (QED) is 0.282. The maximum atomic E-state index is 13.7. The molecule has 1 aromatic heterocycles. The van der Waals surface area contributed by atoms with Gasteiger partial charge in [-0.15, -0.1) is 0 Å². The Morgan fingerprint density at radius 3 is 1.97 bits per heavy atom. The molecule has 0 saturated carbocycles. The summed E-state index contributed by atoms with van der Waals surface area (Å²) >= 11 is 0. The molecule has 6 nitrogen and oxygen atoms in total. The number of para-hydroxylation sites is 2. The molecule has 5 rings (SSSR count). The number of aliphatic hydroxyl groups excluding tert-OH is 1. The lowest BCUT2D eigenvalue weighted by Crippen LogP contribution is -2.40. The van der Waals surface area contributed by atoms with E-state index >= 15 is 0 Å². The molecule has 1 heterocycles. The van der Waals surface area contributed by atoms with Crippen molar-refractivity contribution in [1.29, 1.82) is 0 Å². The van der Waals surface area contributed by atoms with Crippen molar-refractivity contribution in [3.05, 3.63) is 109 Å². The molecule has 0 amide bonds. The van der Waals surface area contributed by atoms with Gasteiger partial charge in [-0.25, -0.2) is 8.42 Å².